The zero-order chi connectivity index (χ0) is 20.1. The van der Waals surface area contributed by atoms with E-state index >= 15 is 0 Å². The third kappa shape index (κ3) is 3.57. The summed E-state index contributed by atoms with van der Waals surface area (Å²) in [5.74, 6) is -0.168. The number of rotatable bonds is 5. The monoisotopic (exact) mass is 439 g/mol. The lowest BCUT2D eigenvalue weighted by Crippen LogP contribution is -2.15. The van der Waals surface area contributed by atoms with Gasteiger partial charge in [-0.1, -0.05) is 23.2 Å². The zero-order valence-corrected chi connectivity index (χ0v) is 17.0. The van der Waals surface area contributed by atoms with Gasteiger partial charge in [-0.05, 0) is 42.3 Å². The van der Waals surface area contributed by atoms with Crippen molar-refractivity contribution in [2.45, 2.75) is 19.3 Å². The molecule has 0 aromatic carbocycles. The Morgan fingerprint density at radius 3 is 2.86 bits per heavy atom. The van der Waals surface area contributed by atoms with E-state index in [9.17, 15) is 13.2 Å². The second kappa shape index (κ2) is 6.98. The van der Waals surface area contributed by atoms with E-state index in [1.54, 1.807) is 19.1 Å². The lowest BCUT2D eigenvalue weighted by molar-refractivity contribution is -0.117. The predicted molar refractivity (Wildman–Crippen MR) is 106 cm³/mol. The molecule has 3 aromatic rings. The van der Waals surface area contributed by atoms with Crippen LogP contribution in [0, 0.1) is 5.92 Å². The van der Waals surface area contributed by atoms with Crippen LogP contribution in [0.15, 0.2) is 30.7 Å². The summed E-state index contributed by atoms with van der Waals surface area (Å²) in [6, 6.07) is 3.32. The van der Waals surface area contributed by atoms with Gasteiger partial charge < -0.3 is 5.32 Å². The molecular formula is C17H15Cl2N5O3S. The molecule has 0 spiro atoms. The summed E-state index contributed by atoms with van der Waals surface area (Å²) in [4.78, 5) is 20.7. The summed E-state index contributed by atoms with van der Waals surface area (Å²) in [5, 5.41) is 8.53. The highest BCUT2D eigenvalue weighted by Crippen LogP contribution is 2.48. The molecule has 0 bridgehead atoms. The minimum Gasteiger partial charge on any atom is -0.310 e. The molecule has 1 aliphatic carbocycles. The van der Waals surface area contributed by atoms with Crippen molar-refractivity contribution in [3.63, 3.8) is 0 Å². The molecule has 4 rings (SSSR count). The largest absolute Gasteiger partial charge is 0.310 e. The maximum absolute atomic E-state index is 12.5. The molecule has 1 fully saturated rings. The van der Waals surface area contributed by atoms with Crippen LogP contribution >= 0.6 is 23.2 Å². The Morgan fingerprint density at radius 2 is 2.11 bits per heavy atom. The maximum Gasteiger partial charge on any atom is 0.253 e. The molecule has 0 aliphatic heterocycles. The van der Waals surface area contributed by atoms with Crippen LogP contribution < -0.4 is 5.32 Å². The highest BCUT2D eigenvalue weighted by atomic mass is 35.5. The molecule has 0 radical (unpaired) electrons. The number of amides is 1. The SMILES string of the molecule is CCS(=O)(=O)n1cc(C2CC2C(=O)Nc2cc3cc(Cl)nc(Cl)c3cn2)cn1. The topological polar surface area (TPSA) is 107 Å². The van der Waals surface area contributed by atoms with E-state index in [1.165, 1.54) is 18.6 Å². The number of anilines is 1. The van der Waals surface area contributed by atoms with Crippen molar-refractivity contribution in [1.29, 1.82) is 0 Å². The molecule has 1 aliphatic rings. The van der Waals surface area contributed by atoms with Gasteiger partial charge in [0.1, 0.15) is 16.1 Å². The fourth-order valence-corrected chi connectivity index (χ4v) is 4.24. The molecular weight excluding hydrogens is 425 g/mol. The second-order valence-corrected chi connectivity index (χ2v) is 9.37. The van der Waals surface area contributed by atoms with Crippen molar-refractivity contribution < 1.29 is 13.2 Å². The third-order valence-corrected chi connectivity index (χ3v) is 6.66. The van der Waals surface area contributed by atoms with Gasteiger partial charge in [-0.2, -0.15) is 9.19 Å². The van der Waals surface area contributed by atoms with E-state index in [-0.39, 0.29) is 33.8 Å². The van der Waals surface area contributed by atoms with Gasteiger partial charge in [0.25, 0.3) is 10.0 Å². The first kappa shape index (κ1) is 19.1. The van der Waals surface area contributed by atoms with E-state index in [2.05, 4.69) is 20.4 Å². The number of fused-ring (bicyclic) bond motifs is 1. The number of pyridine rings is 2. The Kier molecular flexibility index (Phi) is 4.76. The van der Waals surface area contributed by atoms with Gasteiger partial charge in [-0.25, -0.2) is 18.4 Å². The number of carbonyl (C=O) groups is 1. The van der Waals surface area contributed by atoms with Gasteiger partial charge in [0.05, 0.1) is 11.9 Å². The van der Waals surface area contributed by atoms with Crippen LogP contribution in [0.5, 0.6) is 0 Å². The molecule has 11 heteroatoms. The normalized spacial score (nSPS) is 19.0. The van der Waals surface area contributed by atoms with Crippen molar-refractivity contribution in [1.82, 2.24) is 19.2 Å². The third-order valence-electron chi connectivity index (χ3n) is 4.67. The van der Waals surface area contributed by atoms with Crippen LogP contribution in [0.3, 0.4) is 0 Å². The van der Waals surface area contributed by atoms with Crippen LogP contribution in [0.25, 0.3) is 10.8 Å². The van der Waals surface area contributed by atoms with E-state index in [0.29, 0.717) is 23.0 Å². The van der Waals surface area contributed by atoms with Gasteiger partial charge in [0.15, 0.2) is 0 Å². The predicted octanol–water partition coefficient (Wildman–Crippen LogP) is 3.07. The van der Waals surface area contributed by atoms with Crippen molar-refractivity contribution in [3.05, 3.63) is 46.6 Å². The molecule has 8 nitrogen and oxygen atoms in total. The summed E-state index contributed by atoms with van der Waals surface area (Å²) in [6.07, 6.45) is 5.12. The van der Waals surface area contributed by atoms with Crippen LogP contribution in [0.2, 0.25) is 10.3 Å². The zero-order valence-electron chi connectivity index (χ0n) is 14.6. The first-order chi connectivity index (χ1) is 13.3. The molecule has 3 aromatic heterocycles. The van der Waals surface area contributed by atoms with Crippen LogP contribution in [0.4, 0.5) is 5.82 Å². The molecule has 3 heterocycles. The lowest BCUT2D eigenvalue weighted by atomic mass is 10.2. The standard InChI is InChI=1S/C17H15Cl2N5O3S/c1-2-28(26,27)24-8-10(6-21-24)11-5-12(11)17(25)23-15-4-9-3-14(18)22-16(19)13(9)7-20-15/h3-4,6-8,11-12H,2,5H2,1H3,(H,20,23,25). The quantitative estimate of drug-likeness (QED) is 0.612. The van der Waals surface area contributed by atoms with E-state index in [1.807, 2.05) is 0 Å². The van der Waals surface area contributed by atoms with Gasteiger partial charge in [-0.15, -0.1) is 0 Å². The van der Waals surface area contributed by atoms with E-state index in [0.717, 1.165) is 9.65 Å². The molecule has 1 saturated carbocycles. The fourth-order valence-electron chi connectivity index (χ4n) is 3.01. The lowest BCUT2D eigenvalue weighted by Gasteiger charge is -2.06. The minimum absolute atomic E-state index is 0.0418. The summed E-state index contributed by atoms with van der Waals surface area (Å²) in [7, 11) is -3.43. The van der Waals surface area contributed by atoms with E-state index < -0.39 is 10.0 Å². The van der Waals surface area contributed by atoms with Crippen molar-refractivity contribution in [2.75, 3.05) is 11.1 Å². The maximum atomic E-state index is 12.5. The highest BCUT2D eigenvalue weighted by molar-refractivity contribution is 7.89. The van der Waals surface area contributed by atoms with Crippen LogP contribution in [-0.2, 0) is 14.8 Å². The number of nitrogens with zero attached hydrogens (tertiary/aromatic N) is 4. The Labute approximate surface area is 170 Å². The molecule has 146 valence electrons. The Morgan fingerprint density at radius 1 is 1.32 bits per heavy atom. The minimum atomic E-state index is -3.43. The van der Waals surface area contributed by atoms with Gasteiger partial charge >= 0.3 is 0 Å². The smallest absolute Gasteiger partial charge is 0.253 e. The Bertz CT molecular complexity index is 1190. The highest BCUT2D eigenvalue weighted by Gasteiger charge is 2.45. The molecule has 28 heavy (non-hydrogen) atoms. The summed E-state index contributed by atoms with van der Waals surface area (Å²) >= 11 is 12.0. The molecule has 1 amide bonds. The average molecular weight is 440 g/mol. The Hall–Kier alpha value is -2.23. The van der Waals surface area contributed by atoms with Crippen molar-refractivity contribution in [2.24, 2.45) is 5.92 Å². The number of halogens is 2. The molecule has 0 saturated heterocycles. The second-order valence-electron chi connectivity index (χ2n) is 6.51. The van der Waals surface area contributed by atoms with Gasteiger partial charge in [0, 0.05) is 23.7 Å². The van der Waals surface area contributed by atoms with E-state index in [4.69, 9.17) is 23.2 Å². The number of nitrogens with one attached hydrogen (secondary N) is 1. The molecule has 1 N–H and O–H groups in total. The van der Waals surface area contributed by atoms with Crippen molar-refractivity contribution in [3.8, 4) is 0 Å². The summed E-state index contributed by atoms with van der Waals surface area (Å²) in [6.45, 7) is 1.55. The number of hydrogen-bond acceptors (Lipinski definition) is 6. The number of aromatic nitrogens is 4. The number of hydrogen-bond donors (Lipinski definition) is 1. The van der Waals surface area contributed by atoms with Crippen LogP contribution in [-0.4, -0.2) is 39.2 Å². The van der Waals surface area contributed by atoms with Crippen LogP contribution in [0.1, 0.15) is 24.8 Å². The number of carbonyl (C=O) groups excluding carboxylic acids is 1. The first-order valence-electron chi connectivity index (χ1n) is 8.49. The molecule has 2 atom stereocenters. The fraction of sp³-hybridized carbons (Fsp3) is 0.294. The average Bonchev–Trinajstić information content (AvgIpc) is 3.29. The van der Waals surface area contributed by atoms with Crippen molar-refractivity contribution >= 4 is 55.7 Å². The summed E-state index contributed by atoms with van der Waals surface area (Å²) in [5.41, 5.74) is 0.730. The van der Waals surface area contributed by atoms with Gasteiger partial charge in [0.2, 0.25) is 5.91 Å². The summed E-state index contributed by atoms with van der Waals surface area (Å²) < 4.78 is 24.7. The first-order valence-corrected chi connectivity index (χ1v) is 10.9. The Balaban J connectivity index is 1.48. The van der Waals surface area contributed by atoms with Gasteiger partial charge in [-0.3, -0.25) is 4.79 Å². The molecule has 2 unspecified atom stereocenters.